The number of carbonyl (C=O) groups excluding carboxylic acids is 4. The Labute approximate surface area is 340 Å². The minimum atomic E-state index is -1.17. The molecule has 0 spiro atoms. The maximum Gasteiger partial charge on any atom is 0.407 e. The number of amides is 3. The number of nitrogens with one attached hydrogen (secondary N) is 3. The molecule has 316 valence electrons. The predicted octanol–water partition coefficient (Wildman–Crippen LogP) is 9.35. The summed E-state index contributed by atoms with van der Waals surface area (Å²) in [5.74, 6) is -2.40. The van der Waals surface area contributed by atoms with Gasteiger partial charge in [0.25, 0.3) is 0 Å². The van der Waals surface area contributed by atoms with Gasteiger partial charge in [0.2, 0.25) is 11.8 Å². The summed E-state index contributed by atoms with van der Waals surface area (Å²) in [5.41, 5.74) is 3.58. The van der Waals surface area contributed by atoms with Crippen molar-refractivity contribution in [1.82, 2.24) is 16.0 Å². The number of rotatable bonds is 28. The molecule has 0 saturated heterocycles. The monoisotopic (exact) mass is 792 g/mol. The van der Waals surface area contributed by atoms with Crippen molar-refractivity contribution in [1.29, 1.82) is 0 Å². The Kier molecular flexibility index (Phi) is 21.2. The van der Waals surface area contributed by atoms with E-state index < -0.39 is 35.7 Å². The van der Waals surface area contributed by atoms with E-state index in [2.05, 4.69) is 22.9 Å². The lowest BCUT2D eigenvalue weighted by atomic mass is 9.98. The molecule has 2 aromatic carbocycles. The summed E-state index contributed by atoms with van der Waals surface area (Å²) in [7, 11) is 0. The smallest absolute Gasteiger partial charge is 0.407 e. The molecule has 0 aromatic heterocycles. The minimum Gasteiger partial charge on any atom is -0.480 e. The lowest BCUT2D eigenvalue weighted by Gasteiger charge is -2.24. The lowest BCUT2D eigenvalue weighted by Crippen LogP contribution is -2.44. The average Bonchev–Trinajstić information content (AvgIpc) is 3.49. The van der Waals surface area contributed by atoms with Crippen molar-refractivity contribution in [2.24, 2.45) is 0 Å². The molecule has 11 nitrogen and oxygen atoms in total. The summed E-state index contributed by atoms with van der Waals surface area (Å²) in [6.07, 6.45) is 16.5. The Morgan fingerprint density at radius 2 is 1.19 bits per heavy atom. The Morgan fingerprint density at radius 3 is 1.74 bits per heavy atom. The topological polar surface area (TPSA) is 160 Å². The molecule has 57 heavy (non-hydrogen) atoms. The average molecular weight is 792 g/mol. The van der Waals surface area contributed by atoms with Crippen LogP contribution in [0.4, 0.5) is 4.79 Å². The van der Waals surface area contributed by atoms with Crippen LogP contribution in [0.2, 0.25) is 0 Å². The van der Waals surface area contributed by atoms with Gasteiger partial charge in [-0.1, -0.05) is 133 Å². The van der Waals surface area contributed by atoms with Crippen LogP contribution in [0.1, 0.15) is 167 Å². The van der Waals surface area contributed by atoms with Crippen molar-refractivity contribution in [3.63, 3.8) is 0 Å². The zero-order chi connectivity index (χ0) is 41.5. The van der Waals surface area contributed by atoms with Crippen molar-refractivity contribution in [2.75, 3.05) is 13.2 Å². The number of alkyl carbamates (subject to hydrolysis) is 1. The Bertz CT molecular complexity index is 1510. The van der Waals surface area contributed by atoms with E-state index in [9.17, 15) is 29.1 Å². The van der Waals surface area contributed by atoms with Gasteiger partial charge >= 0.3 is 18.0 Å². The number of carboxylic acids is 1. The number of hydrogen-bond donors (Lipinski definition) is 4. The number of carbonyl (C=O) groups is 5. The first-order valence-electron chi connectivity index (χ1n) is 21.5. The predicted molar refractivity (Wildman–Crippen MR) is 224 cm³/mol. The van der Waals surface area contributed by atoms with Crippen LogP contribution in [0.25, 0.3) is 11.1 Å². The molecule has 3 rings (SSSR count). The third-order valence-corrected chi connectivity index (χ3v) is 10.4. The third kappa shape index (κ3) is 18.2. The van der Waals surface area contributed by atoms with Gasteiger partial charge in [0, 0.05) is 25.3 Å². The van der Waals surface area contributed by atoms with Crippen LogP contribution >= 0.6 is 0 Å². The van der Waals surface area contributed by atoms with Crippen LogP contribution in [0.3, 0.4) is 0 Å². The number of unbranched alkanes of at least 4 members (excludes halogenated alkanes) is 13. The molecule has 0 fully saturated rings. The number of carboxylic acid groups (broad SMARTS) is 1. The van der Waals surface area contributed by atoms with Gasteiger partial charge in [-0.3, -0.25) is 9.59 Å². The summed E-state index contributed by atoms with van der Waals surface area (Å²) >= 11 is 0. The maximum absolute atomic E-state index is 12.9. The first kappa shape index (κ1) is 47.0. The highest BCUT2D eigenvalue weighted by Gasteiger charge is 2.30. The molecule has 0 bridgehead atoms. The van der Waals surface area contributed by atoms with Gasteiger partial charge < -0.3 is 30.5 Å². The summed E-state index contributed by atoms with van der Waals surface area (Å²) in [6, 6.07) is 13.9. The van der Waals surface area contributed by atoms with Crippen LogP contribution in [0.15, 0.2) is 48.5 Å². The van der Waals surface area contributed by atoms with E-state index in [-0.39, 0.29) is 43.6 Å². The fourth-order valence-electron chi connectivity index (χ4n) is 7.30. The molecular weight excluding hydrogens is 723 g/mol. The van der Waals surface area contributed by atoms with Crippen LogP contribution in [0, 0.1) is 0 Å². The fourth-order valence-corrected chi connectivity index (χ4v) is 7.30. The summed E-state index contributed by atoms with van der Waals surface area (Å²) < 4.78 is 11.1. The van der Waals surface area contributed by atoms with E-state index in [1.807, 2.05) is 48.5 Å². The zero-order valence-electron chi connectivity index (χ0n) is 35.0. The molecule has 3 amide bonds. The highest BCUT2D eigenvalue weighted by atomic mass is 16.6. The zero-order valence-corrected chi connectivity index (χ0v) is 35.0. The number of hydrogen-bond acceptors (Lipinski definition) is 7. The van der Waals surface area contributed by atoms with Gasteiger partial charge in [0.1, 0.15) is 24.3 Å². The van der Waals surface area contributed by atoms with Crippen molar-refractivity contribution >= 4 is 29.8 Å². The molecule has 11 heteroatoms. The van der Waals surface area contributed by atoms with E-state index in [1.165, 1.54) is 64.2 Å². The van der Waals surface area contributed by atoms with Crippen molar-refractivity contribution < 1.29 is 38.6 Å². The van der Waals surface area contributed by atoms with Crippen molar-refractivity contribution in [2.45, 2.75) is 173 Å². The first-order valence-corrected chi connectivity index (χ1v) is 21.5. The van der Waals surface area contributed by atoms with Gasteiger partial charge in [0.05, 0.1) is 0 Å². The number of benzene rings is 2. The Hall–Kier alpha value is -4.41. The summed E-state index contributed by atoms with van der Waals surface area (Å²) in [5, 5.41) is 17.8. The molecule has 1 aliphatic carbocycles. The summed E-state index contributed by atoms with van der Waals surface area (Å²) in [6.45, 7) is 7.88. The quantitative estimate of drug-likeness (QED) is 0.0490. The van der Waals surface area contributed by atoms with Gasteiger partial charge in [-0.25, -0.2) is 14.4 Å². The molecule has 0 radical (unpaired) electrons. The standard InChI is InChI=1S/C46H69N3O8/c1-5-6-7-8-9-10-11-12-13-14-15-16-17-29-42(51)48-40(44(54)57-46(2,3)4)30-31-41(50)47-32-23-22-28-39(43(52)53)49-45(55)56-33-38-36-26-20-18-24-34(36)35-25-19-21-27-37(35)38/h18-21,24-27,38-40H,5-17,22-23,28-33H2,1-4H3,(H,47,50)(H,48,51)(H,49,55)(H,52,53)/t39?,40-/m0/s1. The molecule has 1 unspecified atom stereocenters. The second-order valence-corrected chi connectivity index (χ2v) is 16.4. The third-order valence-electron chi connectivity index (χ3n) is 10.4. The number of fused-ring (bicyclic) bond motifs is 3. The van der Waals surface area contributed by atoms with Crippen LogP contribution in [0.5, 0.6) is 0 Å². The first-order chi connectivity index (χ1) is 27.4. The number of esters is 1. The largest absolute Gasteiger partial charge is 0.480 e. The van der Waals surface area contributed by atoms with Gasteiger partial charge in [0.15, 0.2) is 0 Å². The highest BCUT2D eigenvalue weighted by molar-refractivity contribution is 5.85. The van der Waals surface area contributed by atoms with Crippen LogP contribution < -0.4 is 16.0 Å². The molecule has 0 heterocycles. The maximum atomic E-state index is 12.9. The number of ether oxygens (including phenoxy) is 2. The molecule has 4 N–H and O–H groups in total. The van der Waals surface area contributed by atoms with Crippen molar-refractivity contribution in [3.8, 4) is 11.1 Å². The van der Waals surface area contributed by atoms with Gasteiger partial charge in [-0.05, 0) is 75.1 Å². The highest BCUT2D eigenvalue weighted by Crippen LogP contribution is 2.44. The molecule has 2 atom stereocenters. The second kappa shape index (κ2) is 25.8. The van der Waals surface area contributed by atoms with Gasteiger partial charge in [-0.15, -0.1) is 0 Å². The van der Waals surface area contributed by atoms with Gasteiger partial charge in [-0.2, -0.15) is 0 Å². The second-order valence-electron chi connectivity index (χ2n) is 16.4. The van der Waals surface area contributed by atoms with Crippen LogP contribution in [-0.2, 0) is 28.7 Å². The van der Waals surface area contributed by atoms with Crippen LogP contribution in [-0.4, -0.2) is 65.8 Å². The number of aliphatic carboxylic acids is 1. The van der Waals surface area contributed by atoms with E-state index in [4.69, 9.17) is 9.47 Å². The molecule has 2 aromatic rings. The SMILES string of the molecule is CCCCCCCCCCCCCCCC(=O)N[C@@H](CCC(=O)NCCCCC(NC(=O)OCC1c2ccccc2-c2ccccc21)C(=O)O)C(=O)OC(C)(C)C. The molecular formula is C46H69N3O8. The van der Waals surface area contributed by atoms with E-state index >= 15 is 0 Å². The minimum absolute atomic E-state index is 0.00399. The Balaban J connectivity index is 1.31. The molecule has 0 saturated carbocycles. The van der Waals surface area contributed by atoms with E-state index in [0.717, 1.165) is 41.5 Å². The Morgan fingerprint density at radius 1 is 0.649 bits per heavy atom. The van der Waals surface area contributed by atoms with E-state index in [0.29, 0.717) is 25.8 Å². The fraction of sp³-hybridized carbons (Fsp3) is 0.630. The normalized spacial score (nSPS) is 13.2. The summed E-state index contributed by atoms with van der Waals surface area (Å²) in [4.78, 5) is 63.0. The molecule has 0 aliphatic heterocycles. The van der Waals surface area contributed by atoms with Crippen molar-refractivity contribution in [3.05, 3.63) is 59.7 Å². The van der Waals surface area contributed by atoms with E-state index in [1.54, 1.807) is 20.8 Å². The molecule has 1 aliphatic rings. The lowest BCUT2D eigenvalue weighted by molar-refractivity contribution is -0.159.